The minimum absolute atomic E-state index is 0.0417. The maximum absolute atomic E-state index is 13.3. The lowest BCUT2D eigenvalue weighted by atomic mass is 9.70. The van der Waals surface area contributed by atoms with Gasteiger partial charge in [-0.05, 0) is 167 Å². The third kappa shape index (κ3) is 34.4. The van der Waals surface area contributed by atoms with Crippen LogP contribution in [0.1, 0.15) is 235 Å². The minimum atomic E-state index is -3.67. The number of aromatic nitrogens is 4. The predicted octanol–water partition coefficient (Wildman–Crippen LogP) is 15.3. The number of allylic oxidation sites excluding steroid dienone is 2. The molecule has 11 nitrogen and oxygen atoms in total. The van der Waals surface area contributed by atoms with Crippen molar-refractivity contribution in [1.29, 1.82) is 5.41 Å². The van der Waals surface area contributed by atoms with Crippen molar-refractivity contribution in [3.63, 3.8) is 0 Å². The van der Waals surface area contributed by atoms with Crippen LogP contribution < -0.4 is 10.6 Å². The summed E-state index contributed by atoms with van der Waals surface area (Å²) < 4.78 is 48.9. The lowest BCUT2D eigenvalue weighted by Gasteiger charge is -2.38. The van der Waals surface area contributed by atoms with Crippen LogP contribution in [0.5, 0.6) is 0 Å². The van der Waals surface area contributed by atoms with Gasteiger partial charge < -0.3 is 30.6 Å². The van der Waals surface area contributed by atoms with Gasteiger partial charge in [0, 0.05) is 38.5 Å². The number of alkyl halides is 4. The highest BCUT2D eigenvalue weighted by molar-refractivity contribution is 5.95. The van der Waals surface area contributed by atoms with Crippen LogP contribution in [0.4, 0.5) is 17.6 Å². The molecule has 3 aliphatic rings. The molecule has 0 spiro atoms. The fourth-order valence-corrected chi connectivity index (χ4v) is 7.30. The fraction of sp³-hybridized carbons (Fsp3) is 0.782. The molecular formula is C55H101F4N7O4. The van der Waals surface area contributed by atoms with Gasteiger partial charge in [0.1, 0.15) is 17.8 Å². The van der Waals surface area contributed by atoms with Crippen LogP contribution in [0.15, 0.2) is 29.6 Å². The summed E-state index contributed by atoms with van der Waals surface area (Å²) in [6, 6.07) is 1.57. The van der Waals surface area contributed by atoms with Crippen LogP contribution in [-0.4, -0.2) is 76.2 Å². The van der Waals surface area contributed by atoms with E-state index in [2.05, 4.69) is 74.2 Å². The Bertz CT molecular complexity index is 1680. The number of halogens is 4. The Hall–Kier alpha value is -3.88. The number of methoxy groups -OCH3 is 1. The van der Waals surface area contributed by atoms with Crippen molar-refractivity contribution in [3.05, 3.63) is 46.8 Å². The molecule has 0 radical (unpaired) electrons. The lowest BCUT2D eigenvalue weighted by Crippen LogP contribution is -2.38. The van der Waals surface area contributed by atoms with Crippen molar-refractivity contribution >= 4 is 23.8 Å². The van der Waals surface area contributed by atoms with E-state index >= 15 is 0 Å². The summed E-state index contributed by atoms with van der Waals surface area (Å²) in [6.45, 7) is 30.4. The molecule has 2 amide bonds. The van der Waals surface area contributed by atoms with Crippen LogP contribution in [0.3, 0.4) is 0 Å². The highest BCUT2D eigenvalue weighted by atomic mass is 19.4. The Kier molecular flexibility index (Phi) is 39.9. The first kappa shape index (κ1) is 70.4. The molecule has 2 aromatic rings. The molecule has 408 valence electrons. The molecule has 2 atom stereocenters. The first-order valence-electron chi connectivity index (χ1n) is 26.0. The standard InChI is InChI=1S/C19H28FN5O.C11H22.C8H15N.C5H9NO.C5H12O.C4H10.C2H4O.CHF3/c1-4-25-16(7-10-22-25)18(26)24-17(15-11-21-13(2)23-15)14-5-8-19(3,12-20)9-6-14;1-4-6-11(7-8-11)9-10(3)5-2;1-5-6(2)7(3)8(4)9;7-5-3-1-2-4-6-5;1-5(2,3)6-4;1-3-4-2;1-2-3;2-1(3)4/h7,10-11,14,17H,4-6,8-9,12H2,1-3H3,(H,21,23)(H,24,26);10H,4-9H2,1-3H3;9H,5H2,1-4H3;1-4H2,(H,6,7);1-4H3;3-4H2,1-2H3;2H,1H3;1H. The number of carbonyl (C=O) groups is 3. The summed E-state index contributed by atoms with van der Waals surface area (Å²) in [4.78, 5) is 39.6. The molecule has 2 aliphatic carbocycles. The van der Waals surface area contributed by atoms with Gasteiger partial charge in [-0.25, -0.2) is 4.98 Å². The van der Waals surface area contributed by atoms with Gasteiger partial charge in [0.2, 0.25) is 5.91 Å². The van der Waals surface area contributed by atoms with Gasteiger partial charge in [-0.2, -0.15) is 18.3 Å². The fourth-order valence-electron chi connectivity index (χ4n) is 7.30. The normalized spacial score (nSPS) is 18.7. The second-order valence-electron chi connectivity index (χ2n) is 20.1. The van der Waals surface area contributed by atoms with Crippen LogP contribution in [0.25, 0.3) is 0 Å². The van der Waals surface area contributed by atoms with E-state index in [1.165, 1.54) is 63.9 Å². The Morgan fingerprint density at radius 3 is 1.87 bits per heavy atom. The maximum Gasteiger partial charge on any atom is 0.379 e. The number of carbonyl (C=O) groups excluding carboxylic acids is 3. The van der Waals surface area contributed by atoms with E-state index in [0.717, 1.165) is 92.6 Å². The number of imidazole rings is 1. The number of aromatic amines is 1. The smallest absolute Gasteiger partial charge is 0.379 e. The lowest BCUT2D eigenvalue weighted by molar-refractivity contribution is -0.122. The number of aryl methyl sites for hydroxylation is 2. The number of amides is 2. The van der Waals surface area contributed by atoms with Gasteiger partial charge in [0.25, 0.3) is 5.91 Å². The summed E-state index contributed by atoms with van der Waals surface area (Å²) in [6.07, 6.45) is 23.1. The predicted molar refractivity (Wildman–Crippen MR) is 283 cm³/mol. The molecule has 2 saturated carbocycles. The number of rotatable bonds is 14. The Labute approximate surface area is 423 Å². The molecular weight excluding hydrogens is 899 g/mol. The number of piperidine rings is 1. The van der Waals surface area contributed by atoms with Crippen molar-refractivity contribution < 1.29 is 36.7 Å². The molecule has 5 rings (SSSR count). The number of unbranched alkanes of at least 4 members (excludes halogenated alkanes) is 1. The van der Waals surface area contributed by atoms with Gasteiger partial charge in [0.15, 0.2) is 0 Å². The van der Waals surface area contributed by atoms with Gasteiger partial charge in [-0.3, -0.25) is 18.7 Å². The molecule has 2 unspecified atom stereocenters. The zero-order valence-corrected chi connectivity index (χ0v) is 47.0. The topological polar surface area (TPSA) is 155 Å². The van der Waals surface area contributed by atoms with Crippen molar-refractivity contribution in [2.75, 3.05) is 20.3 Å². The van der Waals surface area contributed by atoms with Gasteiger partial charge in [-0.1, -0.05) is 79.7 Å². The minimum Gasteiger partial charge on any atom is -0.379 e. The second kappa shape index (κ2) is 39.7. The van der Waals surface area contributed by atoms with Crippen LogP contribution in [0.2, 0.25) is 0 Å². The molecule has 3 heterocycles. The number of hydrogen-bond acceptors (Lipinski definition) is 7. The number of nitrogens with zero attached hydrogens (tertiary/aromatic N) is 3. The zero-order chi connectivity index (χ0) is 54.5. The molecule has 1 aliphatic heterocycles. The highest BCUT2D eigenvalue weighted by Gasteiger charge is 2.41. The highest BCUT2D eigenvalue weighted by Crippen LogP contribution is 2.54. The second-order valence-corrected chi connectivity index (χ2v) is 20.1. The SMILES string of the molecule is CC=O.CCC(C)=C(C)C(C)=N.CCCC.CCCC1(CC(C)CC)CC1.CCn1nccc1C(=O)NC(c1cnc(C)[nH]1)C1CCC(C)(CF)CC1.COC(C)(C)C.FC(F)F.O=C1CCCCN1. The molecule has 4 N–H and O–H groups in total. The molecule has 0 aromatic carbocycles. The average molecular weight is 1000 g/mol. The van der Waals surface area contributed by atoms with E-state index in [0.29, 0.717) is 18.0 Å². The average Bonchev–Trinajstić information content (AvgIpc) is 3.66. The van der Waals surface area contributed by atoms with Crippen molar-refractivity contribution in [3.8, 4) is 0 Å². The van der Waals surface area contributed by atoms with E-state index in [1.54, 1.807) is 30.3 Å². The summed E-state index contributed by atoms with van der Waals surface area (Å²) >= 11 is 0. The molecule has 15 heteroatoms. The van der Waals surface area contributed by atoms with Crippen LogP contribution in [-0.2, 0) is 20.9 Å². The number of nitrogens with one attached hydrogen (secondary N) is 4. The van der Waals surface area contributed by atoms with Gasteiger partial charge >= 0.3 is 6.68 Å². The summed E-state index contributed by atoms with van der Waals surface area (Å²) in [5, 5.41) is 17.4. The van der Waals surface area contributed by atoms with E-state index < -0.39 is 6.68 Å². The molecule has 2 aromatic heterocycles. The summed E-state index contributed by atoms with van der Waals surface area (Å²) in [7, 11) is 1.71. The van der Waals surface area contributed by atoms with Crippen molar-refractivity contribution in [2.45, 2.75) is 238 Å². The number of aldehydes is 1. The van der Waals surface area contributed by atoms with E-state index in [-0.39, 0.29) is 41.5 Å². The van der Waals surface area contributed by atoms with Crippen molar-refractivity contribution in [2.24, 2.45) is 22.7 Å². The Morgan fingerprint density at radius 1 is 1.01 bits per heavy atom. The number of hydrogen-bond donors (Lipinski definition) is 4. The third-order valence-electron chi connectivity index (χ3n) is 12.8. The largest absolute Gasteiger partial charge is 0.379 e. The van der Waals surface area contributed by atoms with Gasteiger partial charge in [0.05, 0.1) is 30.2 Å². The van der Waals surface area contributed by atoms with Crippen LogP contribution in [0, 0.1) is 35.0 Å². The molecule has 0 bridgehead atoms. The monoisotopic (exact) mass is 1000 g/mol. The number of H-pyrrole nitrogens is 1. The first-order chi connectivity index (χ1) is 32.8. The zero-order valence-electron chi connectivity index (χ0n) is 47.0. The Morgan fingerprint density at radius 2 is 1.56 bits per heavy atom. The van der Waals surface area contributed by atoms with E-state index in [4.69, 9.17) is 14.9 Å². The third-order valence-corrected chi connectivity index (χ3v) is 12.8. The maximum atomic E-state index is 13.3. The molecule has 3 fully saturated rings. The van der Waals surface area contributed by atoms with Crippen molar-refractivity contribution in [1.82, 2.24) is 30.4 Å². The summed E-state index contributed by atoms with van der Waals surface area (Å²) in [5.74, 6) is 2.12. The van der Waals surface area contributed by atoms with Gasteiger partial charge in [-0.15, -0.1) is 0 Å². The first-order valence-corrected chi connectivity index (χ1v) is 26.0. The number of ether oxygens (including phenoxy) is 1. The van der Waals surface area contributed by atoms with Crippen LogP contribution >= 0.6 is 0 Å². The quantitative estimate of drug-likeness (QED) is 0.0839. The molecule has 1 saturated heterocycles. The molecule has 70 heavy (non-hydrogen) atoms. The summed E-state index contributed by atoms with van der Waals surface area (Å²) in [5.41, 5.74) is 5.25. The Balaban J connectivity index is -0.000000847. The van der Waals surface area contributed by atoms with E-state index in [9.17, 15) is 27.2 Å². The van der Waals surface area contributed by atoms with E-state index in [1.807, 2.05) is 55.4 Å².